The molecule has 0 aliphatic carbocycles. The topological polar surface area (TPSA) is 172 Å². The van der Waals surface area contributed by atoms with E-state index in [1.165, 1.54) is 17.9 Å². The van der Waals surface area contributed by atoms with Crippen molar-refractivity contribution in [2.45, 2.75) is 76.4 Å². The van der Waals surface area contributed by atoms with Crippen molar-refractivity contribution >= 4 is 12.0 Å². The maximum Gasteiger partial charge on any atom is 0.406 e. The number of ether oxygens (including phenoxy) is 2. The van der Waals surface area contributed by atoms with Gasteiger partial charge in [0.25, 0.3) is 5.56 Å². The highest BCUT2D eigenvalue weighted by atomic mass is 16.5. The van der Waals surface area contributed by atoms with Crippen LogP contribution in [0.25, 0.3) is 0 Å². The molecule has 1 aromatic rings. The lowest BCUT2D eigenvalue weighted by Gasteiger charge is -2.15. The first-order valence-electron chi connectivity index (χ1n) is 11.2. The molecule has 1 aliphatic rings. The highest BCUT2D eigenvalue weighted by Gasteiger charge is 2.43. The van der Waals surface area contributed by atoms with Crippen LogP contribution in [0.15, 0.2) is 15.8 Å². The number of hydrogen-bond acceptors (Lipinski definition) is 8. The number of carbonyl (C=O) groups is 2. The average molecular weight is 471 g/mol. The molecule has 0 aromatic carbocycles. The number of aromatic nitrogens is 2. The van der Waals surface area contributed by atoms with Gasteiger partial charge in [0.15, 0.2) is 0 Å². The maximum atomic E-state index is 12.2. The van der Waals surface area contributed by atoms with Crippen LogP contribution in [-0.2, 0) is 20.8 Å². The van der Waals surface area contributed by atoms with Gasteiger partial charge in [-0.1, -0.05) is 19.8 Å². The highest BCUT2D eigenvalue weighted by molar-refractivity contribution is 5.75. The number of H-pyrrole nitrogens is 1. The number of amides is 2. The number of hydrogen-bond donors (Lipinski definition) is 5. The molecule has 186 valence electrons. The first-order chi connectivity index (χ1) is 15.8. The summed E-state index contributed by atoms with van der Waals surface area (Å²) in [5.74, 6) is -0.236. The molecule has 1 saturated heterocycles. The van der Waals surface area contributed by atoms with Crippen LogP contribution in [0.1, 0.15) is 57.1 Å². The molecule has 1 aromatic heterocycles. The largest absolute Gasteiger partial charge is 0.453 e. The van der Waals surface area contributed by atoms with Crippen LogP contribution in [0.3, 0.4) is 0 Å². The quantitative estimate of drug-likeness (QED) is 0.255. The number of aryl methyl sites for hydroxylation is 1. The standard InChI is InChI=1S/C21H34N4O8/c1-3-14-16(27)17(28)18(33-14)13-12-25(20(30)24-19(13)29)11-8-15(26)22-9-6-4-5-7-10-23-21(31)32-2/h12,14,16-18,27-28H,3-11H2,1-2H3,(H,22,26)(H,23,31)(H,24,29,30)/t14-,16?,17+,18+/m1/s1. The molecule has 1 unspecified atom stereocenters. The van der Waals surface area contributed by atoms with Crippen molar-refractivity contribution in [2.75, 3.05) is 20.2 Å². The second-order valence-corrected chi connectivity index (χ2v) is 7.95. The summed E-state index contributed by atoms with van der Waals surface area (Å²) in [6, 6.07) is 0. The minimum Gasteiger partial charge on any atom is -0.453 e. The van der Waals surface area contributed by atoms with Gasteiger partial charge >= 0.3 is 11.8 Å². The van der Waals surface area contributed by atoms with E-state index in [4.69, 9.17) is 4.74 Å². The maximum absolute atomic E-state index is 12.2. The Balaban J connectivity index is 1.78. The zero-order chi connectivity index (χ0) is 24.4. The van der Waals surface area contributed by atoms with Crippen LogP contribution in [0, 0.1) is 0 Å². The zero-order valence-corrected chi connectivity index (χ0v) is 19.0. The van der Waals surface area contributed by atoms with E-state index < -0.39 is 41.8 Å². The number of methoxy groups -OCH3 is 1. The molecule has 4 atom stereocenters. The summed E-state index contributed by atoms with van der Waals surface area (Å²) in [5, 5.41) is 25.7. The van der Waals surface area contributed by atoms with E-state index in [9.17, 15) is 29.4 Å². The molecule has 2 amide bonds. The molecule has 0 spiro atoms. The molecule has 1 fully saturated rings. The minimum atomic E-state index is -1.29. The molecule has 0 bridgehead atoms. The van der Waals surface area contributed by atoms with Crippen LogP contribution in [0.4, 0.5) is 4.79 Å². The number of aromatic amines is 1. The summed E-state index contributed by atoms with van der Waals surface area (Å²) >= 11 is 0. The van der Waals surface area contributed by atoms with E-state index in [0.717, 1.165) is 25.7 Å². The van der Waals surface area contributed by atoms with E-state index in [1.807, 2.05) is 0 Å². The monoisotopic (exact) mass is 470 g/mol. The summed E-state index contributed by atoms with van der Waals surface area (Å²) in [4.78, 5) is 49.5. The number of nitrogens with zero attached hydrogens (tertiary/aromatic N) is 1. The highest BCUT2D eigenvalue weighted by Crippen LogP contribution is 2.32. The minimum absolute atomic E-state index is 0.0270. The molecule has 12 heteroatoms. The Hall–Kier alpha value is -2.70. The predicted octanol–water partition coefficient (Wildman–Crippen LogP) is -0.469. The fourth-order valence-corrected chi connectivity index (χ4v) is 3.64. The van der Waals surface area contributed by atoms with Crippen LogP contribution >= 0.6 is 0 Å². The van der Waals surface area contributed by atoms with E-state index in [-0.39, 0.29) is 24.4 Å². The molecule has 5 N–H and O–H groups in total. The van der Waals surface area contributed by atoms with E-state index in [0.29, 0.717) is 19.5 Å². The van der Waals surface area contributed by atoms with Gasteiger partial charge in [-0.25, -0.2) is 9.59 Å². The molecule has 2 heterocycles. The number of nitrogens with one attached hydrogen (secondary N) is 3. The van der Waals surface area contributed by atoms with Crippen LogP contribution in [0.2, 0.25) is 0 Å². The summed E-state index contributed by atoms with van der Waals surface area (Å²) in [5.41, 5.74) is -1.34. The van der Waals surface area contributed by atoms with Crippen molar-refractivity contribution in [3.05, 3.63) is 32.6 Å². The second-order valence-electron chi connectivity index (χ2n) is 7.95. The van der Waals surface area contributed by atoms with Gasteiger partial charge in [0, 0.05) is 32.3 Å². The lowest BCUT2D eigenvalue weighted by molar-refractivity contribution is -0.121. The van der Waals surface area contributed by atoms with Gasteiger partial charge in [0.1, 0.15) is 18.3 Å². The van der Waals surface area contributed by atoms with Crippen molar-refractivity contribution in [2.24, 2.45) is 0 Å². The Kier molecular flexibility index (Phi) is 10.6. The lowest BCUT2D eigenvalue weighted by atomic mass is 10.0. The summed E-state index contributed by atoms with van der Waals surface area (Å²) < 4.78 is 11.3. The van der Waals surface area contributed by atoms with Gasteiger partial charge in [-0.3, -0.25) is 19.1 Å². The second kappa shape index (κ2) is 13.1. The zero-order valence-electron chi connectivity index (χ0n) is 19.0. The lowest BCUT2D eigenvalue weighted by Crippen LogP contribution is -2.36. The summed E-state index contributed by atoms with van der Waals surface area (Å²) in [7, 11) is 1.31. The van der Waals surface area contributed by atoms with Gasteiger partial charge in [0.05, 0.1) is 18.8 Å². The fourth-order valence-electron chi connectivity index (χ4n) is 3.64. The molecule has 0 saturated carbocycles. The Morgan fingerprint density at radius 3 is 2.39 bits per heavy atom. The Bertz CT molecular complexity index is 899. The SMILES string of the molecule is CC[C@H]1O[C@@H](c2cn(CCC(=O)NCCCCCCNC(=O)OC)c(=O)[nH]c2=O)[C@@H](O)C1O. The average Bonchev–Trinajstić information content (AvgIpc) is 3.08. The molecule has 1 aliphatic heterocycles. The number of rotatable bonds is 12. The molecule has 0 radical (unpaired) electrons. The van der Waals surface area contributed by atoms with Crippen molar-refractivity contribution in [1.29, 1.82) is 0 Å². The van der Waals surface area contributed by atoms with E-state index >= 15 is 0 Å². The number of carbonyl (C=O) groups excluding carboxylic acids is 2. The first-order valence-corrected chi connectivity index (χ1v) is 11.2. The van der Waals surface area contributed by atoms with Crippen molar-refractivity contribution in [3.8, 4) is 0 Å². The van der Waals surface area contributed by atoms with E-state index in [1.54, 1.807) is 6.92 Å². The summed E-state index contributed by atoms with van der Waals surface area (Å²) in [6.07, 6.45) is 0.604. The Morgan fingerprint density at radius 1 is 1.12 bits per heavy atom. The molecule has 33 heavy (non-hydrogen) atoms. The fraction of sp³-hybridized carbons (Fsp3) is 0.714. The number of alkyl carbamates (subject to hydrolysis) is 1. The van der Waals surface area contributed by atoms with Crippen molar-refractivity contribution in [1.82, 2.24) is 20.2 Å². The first kappa shape index (κ1) is 26.6. The Labute approximate surface area is 191 Å². The van der Waals surface area contributed by atoms with Gasteiger partial charge in [-0.2, -0.15) is 0 Å². The molecule has 12 nitrogen and oxygen atoms in total. The van der Waals surface area contributed by atoms with Gasteiger partial charge in [0.2, 0.25) is 5.91 Å². The predicted molar refractivity (Wildman–Crippen MR) is 118 cm³/mol. The molecule has 2 rings (SSSR count). The van der Waals surface area contributed by atoms with Crippen LogP contribution < -0.4 is 21.9 Å². The van der Waals surface area contributed by atoms with Gasteiger partial charge in [-0.15, -0.1) is 0 Å². The third kappa shape index (κ3) is 7.69. The normalized spacial score (nSPS) is 22.2. The summed E-state index contributed by atoms with van der Waals surface area (Å²) in [6.45, 7) is 2.86. The van der Waals surface area contributed by atoms with Gasteiger partial charge in [-0.05, 0) is 19.3 Å². The number of unbranched alkanes of at least 4 members (excludes halogenated alkanes) is 3. The molecular weight excluding hydrogens is 436 g/mol. The third-order valence-electron chi connectivity index (χ3n) is 5.57. The molecular formula is C21H34N4O8. The van der Waals surface area contributed by atoms with Crippen molar-refractivity contribution < 1.29 is 29.3 Å². The van der Waals surface area contributed by atoms with E-state index in [2.05, 4.69) is 20.4 Å². The Morgan fingerprint density at radius 2 is 1.79 bits per heavy atom. The smallest absolute Gasteiger partial charge is 0.406 e. The number of aliphatic hydroxyl groups is 2. The van der Waals surface area contributed by atoms with Crippen molar-refractivity contribution in [3.63, 3.8) is 0 Å². The van der Waals surface area contributed by atoms with Crippen LogP contribution in [-0.4, -0.2) is 70.3 Å². The van der Waals surface area contributed by atoms with Crippen LogP contribution in [0.5, 0.6) is 0 Å². The third-order valence-corrected chi connectivity index (χ3v) is 5.57. The number of aliphatic hydroxyl groups excluding tert-OH is 2. The van der Waals surface area contributed by atoms with Gasteiger partial charge < -0.3 is 30.3 Å².